The topological polar surface area (TPSA) is 44.6 Å². The van der Waals surface area contributed by atoms with Crippen LogP contribution in [0.5, 0.6) is 0 Å². The number of nitrogens with zero attached hydrogens (tertiary/aromatic N) is 5. The summed E-state index contributed by atoms with van der Waals surface area (Å²) in [5.74, 6) is 1.32. The van der Waals surface area contributed by atoms with Crippen molar-refractivity contribution in [1.82, 2.24) is 24.3 Å². The van der Waals surface area contributed by atoms with Gasteiger partial charge in [0.05, 0.1) is 0 Å². The summed E-state index contributed by atoms with van der Waals surface area (Å²) in [5, 5.41) is 0. The number of imidazole rings is 1. The molecule has 0 N–H and O–H groups in total. The number of aromatic nitrogens is 2. The lowest BCUT2D eigenvalue weighted by Gasteiger charge is -2.38. The Morgan fingerprint density at radius 2 is 2.14 bits per heavy atom. The highest BCUT2D eigenvalue weighted by Crippen LogP contribution is 2.11. The van der Waals surface area contributed by atoms with Gasteiger partial charge in [-0.2, -0.15) is 0 Å². The molecule has 1 aliphatic rings. The highest BCUT2D eigenvalue weighted by atomic mass is 16.2. The predicted molar refractivity (Wildman–Crippen MR) is 87.7 cm³/mol. The van der Waals surface area contributed by atoms with E-state index in [9.17, 15) is 4.79 Å². The Labute approximate surface area is 133 Å². The maximum absolute atomic E-state index is 12.4. The second-order valence-electron chi connectivity index (χ2n) is 6.47. The van der Waals surface area contributed by atoms with Gasteiger partial charge in [0.1, 0.15) is 5.82 Å². The molecular weight excluding hydrogens is 278 g/mol. The van der Waals surface area contributed by atoms with Crippen molar-refractivity contribution < 1.29 is 4.79 Å². The van der Waals surface area contributed by atoms with E-state index < -0.39 is 0 Å². The number of piperazine rings is 1. The second kappa shape index (κ2) is 7.74. The molecule has 1 atom stereocenters. The molecule has 0 unspecified atom stereocenters. The minimum atomic E-state index is 0.243. The van der Waals surface area contributed by atoms with Crippen LogP contribution in [0.2, 0.25) is 0 Å². The van der Waals surface area contributed by atoms with Gasteiger partial charge in [-0.1, -0.05) is 0 Å². The first kappa shape index (κ1) is 17.0. The van der Waals surface area contributed by atoms with Crippen LogP contribution in [0.25, 0.3) is 0 Å². The van der Waals surface area contributed by atoms with Gasteiger partial charge >= 0.3 is 0 Å². The Bertz CT molecular complexity index is 487. The number of aryl methyl sites for hydroxylation is 2. The zero-order valence-electron chi connectivity index (χ0n) is 14.3. The lowest BCUT2D eigenvalue weighted by Crippen LogP contribution is -2.51. The van der Waals surface area contributed by atoms with Gasteiger partial charge in [0.15, 0.2) is 0 Å². The molecule has 0 radical (unpaired) electrons. The molecule has 124 valence electrons. The molecule has 0 bridgehead atoms. The standard InChI is InChI=1S/C16H29N5O/c1-18-10-11-19(2)14(13-18)12-16(22)21(4)8-5-6-15-17-7-9-20(15)3/h7,9,14H,5-6,8,10-13H2,1-4H3/t14-/m0/s1. The number of carbonyl (C=O) groups is 1. The van der Waals surface area contributed by atoms with Crippen LogP contribution in [0.1, 0.15) is 18.7 Å². The van der Waals surface area contributed by atoms with Gasteiger partial charge in [-0.25, -0.2) is 4.98 Å². The van der Waals surface area contributed by atoms with E-state index >= 15 is 0 Å². The van der Waals surface area contributed by atoms with Gasteiger partial charge in [-0.3, -0.25) is 4.79 Å². The van der Waals surface area contributed by atoms with E-state index in [0.29, 0.717) is 12.5 Å². The van der Waals surface area contributed by atoms with Crippen molar-refractivity contribution in [1.29, 1.82) is 0 Å². The summed E-state index contributed by atoms with van der Waals surface area (Å²) in [5.41, 5.74) is 0. The smallest absolute Gasteiger partial charge is 0.223 e. The summed E-state index contributed by atoms with van der Waals surface area (Å²) in [4.78, 5) is 23.2. The summed E-state index contributed by atoms with van der Waals surface area (Å²) in [6.45, 7) is 3.89. The molecule has 0 aromatic carbocycles. The maximum Gasteiger partial charge on any atom is 0.223 e. The normalized spacial score (nSPS) is 20.3. The van der Waals surface area contributed by atoms with Gasteiger partial charge in [0.2, 0.25) is 5.91 Å². The van der Waals surface area contributed by atoms with Crippen LogP contribution < -0.4 is 0 Å². The fraction of sp³-hybridized carbons (Fsp3) is 0.750. The summed E-state index contributed by atoms with van der Waals surface area (Å²) < 4.78 is 2.04. The minimum absolute atomic E-state index is 0.243. The Hall–Kier alpha value is -1.40. The number of rotatable bonds is 6. The predicted octanol–water partition coefficient (Wildman–Crippen LogP) is 0.447. The molecule has 1 fully saturated rings. The van der Waals surface area contributed by atoms with E-state index in [1.54, 1.807) is 0 Å². The van der Waals surface area contributed by atoms with Gasteiger partial charge < -0.3 is 19.3 Å². The number of hydrogen-bond donors (Lipinski definition) is 0. The fourth-order valence-corrected chi connectivity index (χ4v) is 2.92. The molecule has 2 heterocycles. The fourth-order valence-electron chi connectivity index (χ4n) is 2.92. The van der Waals surface area contributed by atoms with Crippen molar-refractivity contribution in [2.24, 2.45) is 7.05 Å². The van der Waals surface area contributed by atoms with E-state index in [1.807, 2.05) is 36.0 Å². The third-order valence-corrected chi connectivity index (χ3v) is 4.63. The molecule has 22 heavy (non-hydrogen) atoms. The molecule has 0 aliphatic carbocycles. The van der Waals surface area contributed by atoms with Crippen LogP contribution in [-0.2, 0) is 18.3 Å². The maximum atomic E-state index is 12.4. The summed E-state index contributed by atoms with van der Waals surface area (Å²) in [6.07, 6.45) is 6.25. The summed E-state index contributed by atoms with van der Waals surface area (Å²) in [6, 6.07) is 0.336. The molecule has 1 aromatic heterocycles. The van der Waals surface area contributed by atoms with Crippen molar-refractivity contribution >= 4 is 5.91 Å². The van der Waals surface area contributed by atoms with Crippen molar-refractivity contribution in [3.8, 4) is 0 Å². The minimum Gasteiger partial charge on any atom is -0.346 e. The molecule has 1 saturated heterocycles. The van der Waals surface area contributed by atoms with E-state index in [2.05, 4.69) is 28.9 Å². The van der Waals surface area contributed by atoms with Crippen LogP contribution >= 0.6 is 0 Å². The average Bonchev–Trinajstić information content (AvgIpc) is 2.88. The lowest BCUT2D eigenvalue weighted by molar-refractivity contribution is -0.131. The van der Waals surface area contributed by atoms with Crippen LogP contribution in [0.4, 0.5) is 0 Å². The zero-order valence-corrected chi connectivity index (χ0v) is 14.3. The van der Waals surface area contributed by atoms with Crippen molar-refractivity contribution in [3.05, 3.63) is 18.2 Å². The summed E-state index contributed by atoms with van der Waals surface area (Å²) >= 11 is 0. The van der Waals surface area contributed by atoms with E-state index in [1.165, 1.54) is 0 Å². The molecule has 0 spiro atoms. The molecule has 1 aromatic rings. The third kappa shape index (κ3) is 4.55. The van der Waals surface area contributed by atoms with Crippen molar-refractivity contribution in [3.63, 3.8) is 0 Å². The highest BCUT2D eigenvalue weighted by molar-refractivity contribution is 5.76. The number of carbonyl (C=O) groups excluding carboxylic acids is 1. The van der Waals surface area contributed by atoms with Gasteiger partial charge in [-0.05, 0) is 20.5 Å². The van der Waals surface area contributed by atoms with E-state index in [0.717, 1.165) is 44.8 Å². The third-order valence-electron chi connectivity index (χ3n) is 4.63. The first-order valence-electron chi connectivity index (χ1n) is 8.06. The Morgan fingerprint density at radius 3 is 2.82 bits per heavy atom. The van der Waals surface area contributed by atoms with Crippen LogP contribution in [-0.4, -0.2) is 83.5 Å². The van der Waals surface area contributed by atoms with Crippen molar-refractivity contribution in [2.75, 3.05) is 47.3 Å². The number of hydrogen-bond acceptors (Lipinski definition) is 4. The Morgan fingerprint density at radius 1 is 1.36 bits per heavy atom. The van der Waals surface area contributed by atoms with E-state index in [4.69, 9.17) is 0 Å². The second-order valence-corrected chi connectivity index (χ2v) is 6.47. The van der Waals surface area contributed by atoms with E-state index in [-0.39, 0.29) is 5.91 Å². The monoisotopic (exact) mass is 307 g/mol. The van der Waals surface area contributed by atoms with Gasteiger partial charge in [0.25, 0.3) is 0 Å². The molecule has 6 nitrogen and oxygen atoms in total. The molecular formula is C16H29N5O. The molecule has 0 saturated carbocycles. The van der Waals surface area contributed by atoms with Crippen molar-refractivity contribution in [2.45, 2.75) is 25.3 Å². The zero-order chi connectivity index (χ0) is 16.1. The molecule has 2 rings (SSSR count). The lowest BCUT2D eigenvalue weighted by atomic mass is 10.1. The average molecular weight is 307 g/mol. The number of amides is 1. The first-order chi connectivity index (χ1) is 10.5. The first-order valence-corrected chi connectivity index (χ1v) is 8.06. The van der Waals surface area contributed by atoms with Crippen LogP contribution in [0.15, 0.2) is 12.4 Å². The SMILES string of the molecule is CN1CCN(C)[C@@H](CC(=O)N(C)CCCc2nccn2C)C1. The molecule has 6 heteroatoms. The van der Waals surface area contributed by atoms with Gasteiger partial charge in [0, 0.05) is 71.6 Å². The largest absolute Gasteiger partial charge is 0.346 e. The Balaban J connectivity index is 1.73. The van der Waals surface area contributed by atoms with Crippen LogP contribution in [0, 0.1) is 0 Å². The van der Waals surface area contributed by atoms with Crippen LogP contribution in [0.3, 0.4) is 0 Å². The summed E-state index contributed by atoms with van der Waals surface area (Å²) in [7, 11) is 8.16. The number of likely N-dealkylation sites (N-methyl/N-ethyl adjacent to an activating group) is 2. The quantitative estimate of drug-likeness (QED) is 0.765. The molecule has 1 amide bonds. The molecule has 1 aliphatic heterocycles. The Kier molecular flexibility index (Phi) is 5.97. The van der Waals surface area contributed by atoms with Gasteiger partial charge in [-0.15, -0.1) is 0 Å². The highest BCUT2D eigenvalue weighted by Gasteiger charge is 2.25.